The number of aromatic nitrogens is 2. The number of nitrogens with one attached hydrogen (secondary N) is 1. The van der Waals surface area contributed by atoms with Crippen LogP contribution in [0.5, 0.6) is 0 Å². The zero-order valence-electron chi connectivity index (χ0n) is 9.55. The van der Waals surface area contributed by atoms with Crippen molar-refractivity contribution in [3.05, 3.63) is 26.8 Å². The monoisotopic (exact) mass is 238 g/mol. The lowest BCUT2D eigenvalue weighted by atomic mass is 9.99. The van der Waals surface area contributed by atoms with Gasteiger partial charge < -0.3 is 9.88 Å². The van der Waals surface area contributed by atoms with Crippen LogP contribution in [0.15, 0.2) is 11.1 Å². The van der Waals surface area contributed by atoms with Gasteiger partial charge in [-0.3, -0.25) is 14.9 Å². The molecule has 92 valence electrons. The van der Waals surface area contributed by atoms with E-state index in [1.165, 1.54) is 6.33 Å². The van der Waals surface area contributed by atoms with Gasteiger partial charge in [-0.25, -0.2) is 4.98 Å². The van der Waals surface area contributed by atoms with Crippen molar-refractivity contribution in [1.29, 1.82) is 0 Å². The minimum Gasteiger partial charge on any atom is -0.351 e. The van der Waals surface area contributed by atoms with Crippen LogP contribution in [0.4, 0.5) is 11.5 Å². The molecule has 1 fully saturated rings. The summed E-state index contributed by atoms with van der Waals surface area (Å²) in [4.78, 5) is 29.6. The van der Waals surface area contributed by atoms with E-state index in [4.69, 9.17) is 0 Å². The lowest BCUT2D eigenvalue weighted by Crippen LogP contribution is -2.35. The molecule has 0 radical (unpaired) electrons. The minimum atomic E-state index is -0.696. The van der Waals surface area contributed by atoms with Crippen molar-refractivity contribution < 1.29 is 4.92 Å². The van der Waals surface area contributed by atoms with Crippen LogP contribution in [0.25, 0.3) is 0 Å². The third kappa shape index (κ3) is 2.27. The molecular formula is C10H14N4O3. The highest BCUT2D eigenvalue weighted by molar-refractivity contribution is 5.56. The van der Waals surface area contributed by atoms with E-state index in [2.05, 4.69) is 16.9 Å². The van der Waals surface area contributed by atoms with E-state index < -0.39 is 16.2 Å². The van der Waals surface area contributed by atoms with Crippen molar-refractivity contribution in [3.8, 4) is 0 Å². The molecule has 0 spiro atoms. The predicted molar refractivity (Wildman–Crippen MR) is 62.1 cm³/mol. The Hall–Kier alpha value is -1.92. The molecule has 0 atom stereocenters. The highest BCUT2D eigenvalue weighted by atomic mass is 16.6. The van der Waals surface area contributed by atoms with E-state index in [-0.39, 0.29) is 5.82 Å². The maximum Gasteiger partial charge on any atom is 0.375 e. The number of aromatic amines is 1. The predicted octanol–water partition coefficient (Wildman–Crippen LogP) is 0.914. The molecule has 7 nitrogen and oxygen atoms in total. The molecule has 1 N–H and O–H groups in total. The van der Waals surface area contributed by atoms with Gasteiger partial charge in [0.15, 0.2) is 0 Å². The van der Waals surface area contributed by atoms with Gasteiger partial charge in [0.25, 0.3) is 0 Å². The van der Waals surface area contributed by atoms with Crippen LogP contribution >= 0.6 is 0 Å². The molecule has 1 saturated heterocycles. The van der Waals surface area contributed by atoms with Gasteiger partial charge in [-0.15, -0.1) is 0 Å². The maximum absolute atomic E-state index is 11.4. The fraction of sp³-hybridized carbons (Fsp3) is 0.600. The first-order chi connectivity index (χ1) is 8.09. The van der Waals surface area contributed by atoms with Crippen molar-refractivity contribution >= 4 is 11.5 Å². The Balaban J connectivity index is 2.35. The highest BCUT2D eigenvalue weighted by Crippen LogP contribution is 2.25. The van der Waals surface area contributed by atoms with E-state index in [0.717, 1.165) is 12.8 Å². The van der Waals surface area contributed by atoms with Gasteiger partial charge in [-0.2, -0.15) is 0 Å². The molecule has 0 aromatic carbocycles. The first kappa shape index (κ1) is 11.6. The number of nitrogens with zero attached hydrogens (tertiary/aromatic N) is 3. The Kier molecular flexibility index (Phi) is 3.08. The first-order valence-electron chi connectivity index (χ1n) is 5.56. The molecule has 1 aliphatic rings. The van der Waals surface area contributed by atoms with Crippen LogP contribution in [-0.4, -0.2) is 28.0 Å². The van der Waals surface area contributed by atoms with Gasteiger partial charge in [0.2, 0.25) is 5.82 Å². The maximum atomic E-state index is 11.4. The smallest absolute Gasteiger partial charge is 0.351 e. The first-order valence-corrected chi connectivity index (χ1v) is 5.56. The molecule has 2 heterocycles. The molecule has 0 unspecified atom stereocenters. The van der Waals surface area contributed by atoms with Crippen molar-refractivity contribution in [3.63, 3.8) is 0 Å². The number of rotatable bonds is 2. The van der Waals surface area contributed by atoms with Crippen LogP contribution < -0.4 is 10.5 Å². The van der Waals surface area contributed by atoms with E-state index in [0.29, 0.717) is 19.0 Å². The lowest BCUT2D eigenvalue weighted by molar-refractivity contribution is -0.385. The molecule has 7 heteroatoms. The fourth-order valence-electron chi connectivity index (χ4n) is 2.00. The summed E-state index contributed by atoms with van der Waals surface area (Å²) in [5, 5.41) is 10.9. The molecule has 0 aliphatic carbocycles. The van der Waals surface area contributed by atoms with E-state index in [1.54, 1.807) is 0 Å². The fourth-order valence-corrected chi connectivity index (χ4v) is 2.00. The van der Waals surface area contributed by atoms with Gasteiger partial charge in [0.05, 0.1) is 11.3 Å². The summed E-state index contributed by atoms with van der Waals surface area (Å²) < 4.78 is 0. The topological polar surface area (TPSA) is 92.1 Å². The Morgan fingerprint density at radius 1 is 1.53 bits per heavy atom. The van der Waals surface area contributed by atoms with Gasteiger partial charge in [-0.05, 0) is 18.8 Å². The van der Waals surface area contributed by atoms with Crippen molar-refractivity contribution in [1.82, 2.24) is 9.97 Å². The van der Waals surface area contributed by atoms with Crippen LogP contribution in [0.2, 0.25) is 0 Å². The van der Waals surface area contributed by atoms with Crippen LogP contribution in [0.1, 0.15) is 19.8 Å². The summed E-state index contributed by atoms with van der Waals surface area (Å²) in [5.41, 5.74) is -1.15. The lowest BCUT2D eigenvalue weighted by Gasteiger charge is -2.30. The Morgan fingerprint density at radius 2 is 2.18 bits per heavy atom. The molecule has 2 rings (SSSR count). The van der Waals surface area contributed by atoms with Crippen LogP contribution in [0.3, 0.4) is 0 Å². The van der Waals surface area contributed by atoms with Crippen LogP contribution in [-0.2, 0) is 0 Å². The molecular weight excluding hydrogens is 224 g/mol. The average Bonchev–Trinajstić information content (AvgIpc) is 2.29. The summed E-state index contributed by atoms with van der Waals surface area (Å²) in [6, 6.07) is 0. The standard InChI is InChI=1S/C10H14N4O3/c1-7-2-4-13(5-3-7)9-8(14(16)17)10(15)12-6-11-9/h6-7H,2-5H2,1H3,(H,11,12,15). The minimum absolute atomic E-state index is 0.186. The number of H-pyrrole nitrogens is 1. The van der Waals surface area contributed by atoms with E-state index in [9.17, 15) is 14.9 Å². The summed E-state index contributed by atoms with van der Waals surface area (Å²) in [6.45, 7) is 3.56. The number of nitro groups is 1. The highest BCUT2D eigenvalue weighted by Gasteiger charge is 2.27. The van der Waals surface area contributed by atoms with Gasteiger partial charge in [0.1, 0.15) is 0 Å². The van der Waals surface area contributed by atoms with E-state index in [1.807, 2.05) is 4.90 Å². The molecule has 1 aromatic heterocycles. The van der Waals surface area contributed by atoms with Gasteiger partial charge in [0, 0.05) is 13.1 Å². The second-order valence-electron chi connectivity index (χ2n) is 4.33. The zero-order valence-corrected chi connectivity index (χ0v) is 9.55. The number of hydrogen-bond donors (Lipinski definition) is 1. The van der Waals surface area contributed by atoms with E-state index >= 15 is 0 Å². The molecule has 1 aromatic rings. The second-order valence-corrected chi connectivity index (χ2v) is 4.33. The van der Waals surface area contributed by atoms with Crippen molar-refractivity contribution in [2.24, 2.45) is 5.92 Å². The van der Waals surface area contributed by atoms with Crippen molar-refractivity contribution in [2.75, 3.05) is 18.0 Å². The molecule has 1 aliphatic heterocycles. The Labute approximate surface area is 97.6 Å². The summed E-state index contributed by atoms with van der Waals surface area (Å²) in [7, 11) is 0. The third-order valence-electron chi connectivity index (χ3n) is 3.08. The largest absolute Gasteiger partial charge is 0.375 e. The van der Waals surface area contributed by atoms with Crippen LogP contribution in [0, 0.1) is 16.0 Å². The molecule has 0 saturated carbocycles. The Morgan fingerprint density at radius 3 is 2.76 bits per heavy atom. The third-order valence-corrected chi connectivity index (χ3v) is 3.08. The molecule has 17 heavy (non-hydrogen) atoms. The molecule has 0 amide bonds. The average molecular weight is 238 g/mol. The number of hydrogen-bond acceptors (Lipinski definition) is 5. The second kappa shape index (κ2) is 4.52. The SMILES string of the molecule is CC1CCN(c2nc[nH]c(=O)c2[N+](=O)[O-])CC1. The molecule has 0 bridgehead atoms. The normalized spacial score (nSPS) is 17.1. The number of piperidine rings is 1. The number of anilines is 1. The summed E-state index contributed by atoms with van der Waals surface area (Å²) >= 11 is 0. The van der Waals surface area contributed by atoms with Gasteiger partial charge >= 0.3 is 11.2 Å². The quantitative estimate of drug-likeness (QED) is 0.610. The van der Waals surface area contributed by atoms with Crippen molar-refractivity contribution in [2.45, 2.75) is 19.8 Å². The summed E-state index contributed by atoms with van der Waals surface area (Å²) in [6.07, 6.45) is 3.14. The summed E-state index contributed by atoms with van der Waals surface area (Å²) in [5.74, 6) is 0.804. The van der Waals surface area contributed by atoms with Gasteiger partial charge in [-0.1, -0.05) is 6.92 Å². The zero-order chi connectivity index (χ0) is 12.4. The Bertz CT molecular complexity index is 477.